The summed E-state index contributed by atoms with van der Waals surface area (Å²) in [6.45, 7) is 3.46. The SMILES string of the molecule is CCc1cc2ncc(CN3C=C4C=NN=C4C3)cc2[nH]c1=O. The van der Waals surface area contributed by atoms with Gasteiger partial charge in [-0.2, -0.15) is 10.2 Å². The van der Waals surface area contributed by atoms with Crippen LogP contribution < -0.4 is 5.56 Å². The Morgan fingerprint density at radius 1 is 1.36 bits per heavy atom. The fraction of sp³-hybridized carbons (Fsp3) is 0.250. The highest BCUT2D eigenvalue weighted by molar-refractivity contribution is 6.20. The molecule has 2 aromatic heterocycles. The third-order valence-corrected chi connectivity index (χ3v) is 3.98. The van der Waals surface area contributed by atoms with Crippen LogP contribution in [0.4, 0.5) is 0 Å². The van der Waals surface area contributed by atoms with Crippen LogP contribution in [0.2, 0.25) is 0 Å². The molecule has 6 nitrogen and oxygen atoms in total. The van der Waals surface area contributed by atoms with Crippen LogP contribution in [0.15, 0.2) is 45.1 Å². The molecule has 0 bridgehead atoms. The number of aromatic nitrogens is 2. The third kappa shape index (κ3) is 2.13. The molecule has 0 spiro atoms. The van der Waals surface area contributed by atoms with E-state index in [1.54, 1.807) is 6.21 Å². The number of rotatable bonds is 3. The Hall–Kier alpha value is -2.76. The number of fused-ring (bicyclic) bond motifs is 2. The molecule has 0 amide bonds. The molecule has 0 saturated carbocycles. The minimum Gasteiger partial charge on any atom is -0.366 e. The van der Waals surface area contributed by atoms with Gasteiger partial charge in [0.25, 0.3) is 5.56 Å². The molecule has 0 aromatic carbocycles. The maximum absolute atomic E-state index is 11.9. The number of nitrogens with zero attached hydrogens (tertiary/aromatic N) is 4. The number of pyridine rings is 2. The van der Waals surface area contributed by atoms with Gasteiger partial charge in [0.05, 0.1) is 29.5 Å². The molecule has 0 fully saturated rings. The van der Waals surface area contributed by atoms with E-state index in [-0.39, 0.29) is 5.56 Å². The van der Waals surface area contributed by atoms with Crippen molar-refractivity contribution in [3.05, 3.63) is 51.6 Å². The summed E-state index contributed by atoms with van der Waals surface area (Å²) in [5.74, 6) is 0. The van der Waals surface area contributed by atoms with Crippen molar-refractivity contribution in [2.45, 2.75) is 19.9 Å². The lowest BCUT2D eigenvalue weighted by Gasteiger charge is -2.15. The standard InChI is InChI=1S/C16H15N5O/c1-2-11-4-13-14(19-16(11)22)3-10(5-17-13)7-21-8-12-6-18-20-15(12)9-21/h3-6,8H,2,7,9H2,1H3,(H,19,22). The molecule has 2 aromatic rings. The Labute approximate surface area is 126 Å². The maximum atomic E-state index is 11.9. The van der Waals surface area contributed by atoms with Gasteiger partial charge in [-0.05, 0) is 24.1 Å². The van der Waals surface area contributed by atoms with E-state index in [0.717, 1.165) is 46.5 Å². The van der Waals surface area contributed by atoms with Crippen LogP contribution in [0, 0.1) is 0 Å². The average Bonchev–Trinajstić information content (AvgIpc) is 3.07. The molecular weight excluding hydrogens is 278 g/mol. The summed E-state index contributed by atoms with van der Waals surface area (Å²) < 4.78 is 0. The summed E-state index contributed by atoms with van der Waals surface area (Å²) in [4.78, 5) is 21.5. The first-order valence-electron chi connectivity index (χ1n) is 7.30. The first-order chi connectivity index (χ1) is 10.7. The summed E-state index contributed by atoms with van der Waals surface area (Å²) in [5, 5.41) is 7.98. The largest absolute Gasteiger partial charge is 0.366 e. The van der Waals surface area contributed by atoms with Gasteiger partial charge in [0.15, 0.2) is 0 Å². The van der Waals surface area contributed by atoms with Crippen molar-refractivity contribution in [3.63, 3.8) is 0 Å². The van der Waals surface area contributed by atoms with Gasteiger partial charge in [-0.1, -0.05) is 6.92 Å². The summed E-state index contributed by atoms with van der Waals surface area (Å²) in [6.07, 6.45) is 6.41. The molecule has 22 heavy (non-hydrogen) atoms. The molecule has 6 heteroatoms. The number of nitrogens with one attached hydrogen (secondary N) is 1. The molecule has 4 rings (SSSR count). The van der Waals surface area contributed by atoms with Gasteiger partial charge in [0.2, 0.25) is 0 Å². The Morgan fingerprint density at radius 3 is 3.09 bits per heavy atom. The Balaban J connectivity index is 1.63. The lowest BCUT2D eigenvalue weighted by molar-refractivity contribution is 0.431. The number of H-pyrrole nitrogens is 1. The number of aryl methyl sites for hydroxylation is 1. The third-order valence-electron chi connectivity index (χ3n) is 3.98. The van der Waals surface area contributed by atoms with Crippen LogP contribution in [0.5, 0.6) is 0 Å². The first-order valence-corrected chi connectivity index (χ1v) is 7.30. The van der Waals surface area contributed by atoms with Crippen LogP contribution in [0.3, 0.4) is 0 Å². The highest BCUT2D eigenvalue weighted by Crippen LogP contribution is 2.18. The van der Waals surface area contributed by atoms with E-state index in [4.69, 9.17) is 0 Å². The molecule has 0 atom stereocenters. The highest BCUT2D eigenvalue weighted by Gasteiger charge is 2.21. The second-order valence-corrected chi connectivity index (χ2v) is 5.53. The Morgan fingerprint density at radius 2 is 2.27 bits per heavy atom. The van der Waals surface area contributed by atoms with Crippen molar-refractivity contribution in [2.75, 3.05) is 6.54 Å². The zero-order valence-electron chi connectivity index (χ0n) is 12.2. The molecule has 110 valence electrons. The van der Waals surface area contributed by atoms with Crippen LogP contribution >= 0.6 is 0 Å². The minimum absolute atomic E-state index is 0.0302. The summed E-state index contributed by atoms with van der Waals surface area (Å²) in [7, 11) is 0. The van der Waals surface area contributed by atoms with E-state index in [9.17, 15) is 4.79 Å². The first kappa shape index (κ1) is 12.9. The Bertz CT molecular complexity index is 906. The van der Waals surface area contributed by atoms with E-state index in [0.29, 0.717) is 6.42 Å². The van der Waals surface area contributed by atoms with Gasteiger partial charge >= 0.3 is 0 Å². The minimum atomic E-state index is -0.0302. The zero-order valence-corrected chi connectivity index (χ0v) is 12.2. The van der Waals surface area contributed by atoms with Crippen LogP contribution in [0.25, 0.3) is 11.0 Å². The molecule has 2 aliphatic rings. The lowest BCUT2D eigenvalue weighted by Crippen LogP contribution is -2.18. The van der Waals surface area contributed by atoms with Crippen LogP contribution in [-0.2, 0) is 13.0 Å². The van der Waals surface area contributed by atoms with Gasteiger partial charge in [-0.15, -0.1) is 0 Å². The van der Waals surface area contributed by atoms with Gasteiger partial charge in [0.1, 0.15) is 0 Å². The normalized spacial score (nSPS) is 16.1. The second-order valence-electron chi connectivity index (χ2n) is 5.53. The molecular formula is C16H15N5O. The van der Waals surface area contributed by atoms with E-state index in [1.807, 2.05) is 25.3 Å². The van der Waals surface area contributed by atoms with E-state index in [1.165, 1.54) is 0 Å². The van der Waals surface area contributed by atoms with Gasteiger partial charge < -0.3 is 9.88 Å². The van der Waals surface area contributed by atoms with Crippen molar-refractivity contribution >= 4 is 23.0 Å². The van der Waals surface area contributed by atoms with Crippen molar-refractivity contribution in [1.82, 2.24) is 14.9 Å². The van der Waals surface area contributed by atoms with E-state index in [2.05, 4.69) is 31.3 Å². The lowest BCUT2D eigenvalue weighted by atomic mass is 10.1. The number of hydrogen-bond acceptors (Lipinski definition) is 5. The van der Waals surface area contributed by atoms with Crippen LogP contribution in [-0.4, -0.2) is 33.3 Å². The van der Waals surface area contributed by atoms with Gasteiger partial charge in [0, 0.05) is 30.1 Å². The van der Waals surface area contributed by atoms with Crippen molar-refractivity contribution in [2.24, 2.45) is 10.2 Å². The molecule has 0 aliphatic carbocycles. The number of hydrogen-bond donors (Lipinski definition) is 1. The fourth-order valence-corrected chi connectivity index (χ4v) is 2.81. The van der Waals surface area contributed by atoms with E-state index < -0.39 is 0 Å². The monoisotopic (exact) mass is 293 g/mol. The van der Waals surface area contributed by atoms with Crippen molar-refractivity contribution < 1.29 is 0 Å². The number of aromatic amines is 1. The zero-order chi connectivity index (χ0) is 15.1. The molecule has 0 unspecified atom stereocenters. The molecule has 2 aliphatic heterocycles. The van der Waals surface area contributed by atoms with Crippen LogP contribution in [0.1, 0.15) is 18.1 Å². The predicted octanol–water partition coefficient (Wildman–Crippen LogP) is 1.63. The summed E-state index contributed by atoms with van der Waals surface area (Å²) >= 11 is 0. The second kappa shape index (κ2) is 4.91. The van der Waals surface area contributed by atoms with Crippen molar-refractivity contribution in [3.8, 4) is 0 Å². The van der Waals surface area contributed by atoms with Crippen molar-refractivity contribution in [1.29, 1.82) is 0 Å². The average molecular weight is 293 g/mol. The topological polar surface area (TPSA) is 73.7 Å². The maximum Gasteiger partial charge on any atom is 0.251 e. The fourth-order valence-electron chi connectivity index (χ4n) is 2.81. The highest BCUT2D eigenvalue weighted by atomic mass is 16.1. The molecule has 4 heterocycles. The van der Waals surface area contributed by atoms with E-state index >= 15 is 0 Å². The quantitative estimate of drug-likeness (QED) is 0.934. The molecule has 0 radical (unpaired) electrons. The van der Waals surface area contributed by atoms with Gasteiger partial charge in [-0.25, -0.2) is 0 Å². The van der Waals surface area contributed by atoms with Gasteiger partial charge in [-0.3, -0.25) is 9.78 Å². The predicted molar refractivity (Wildman–Crippen MR) is 86.2 cm³/mol. The molecule has 0 saturated heterocycles. The Kier molecular flexibility index (Phi) is 2.89. The smallest absolute Gasteiger partial charge is 0.251 e. The molecule has 1 N–H and O–H groups in total. The summed E-state index contributed by atoms with van der Waals surface area (Å²) in [6, 6.07) is 3.86. The summed E-state index contributed by atoms with van der Waals surface area (Å²) in [5.41, 5.74) is 5.49.